The van der Waals surface area contributed by atoms with E-state index < -0.39 is 0 Å². The Morgan fingerprint density at radius 1 is 0.750 bits per heavy atom. The van der Waals surface area contributed by atoms with E-state index in [0.717, 1.165) is 0 Å². The highest BCUT2D eigenvalue weighted by Crippen LogP contribution is 2.34. The molecule has 0 atom stereocenters. The molecule has 0 aliphatic heterocycles. The fraction of sp³-hybridized carbons (Fsp3) is 0.333. The summed E-state index contributed by atoms with van der Waals surface area (Å²) in [5.41, 5.74) is 0. The molecular weight excluding hydrogens is 261 g/mol. The second kappa shape index (κ2) is 8.19. The largest absolute Gasteiger partial charge is 0.309 e. The zero-order valence-corrected chi connectivity index (χ0v) is 13.4. The Labute approximate surface area is 124 Å². The lowest BCUT2D eigenvalue weighted by Gasteiger charge is -2.19. The maximum Gasteiger partial charge on any atom is -0.00247 e. The Bertz CT molecular complexity index is 442. The van der Waals surface area contributed by atoms with Crippen molar-refractivity contribution >= 4 is 18.5 Å². The van der Waals surface area contributed by atoms with E-state index in [4.69, 9.17) is 0 Å². The molecule has 2 aromatic carbocycles. The molecule has 0 radical (unpaired) electrons. The summed E-state index contributed by atoms with van der Waals surface area (Å²) in [5.74, 6) is 0. The van der Waals surface area contributed by atoms with Crippen LogP contribution in [0.5, 0.6) is 0 Å². The van der Waals surface area contributed by atoms with Gasteiger partial charge in [-0.2, -0.15) is 0 Å². The first-order valence-corrected chi connectivity index (χ1v) is 8.82. The van der Waals surface area contributed by atoms with Gasteiger partial charge in [0.25, 0.3) is 0 Å². The molecule has 0 heterocycles. The van der Waals surface area contributed by atoms with E-state index >= 15 is 0 Å². The molecule has 0 spiro atoms. The summed E-state index contributed by atoms with van der Waals surface area (Å²) >= 11 is 0. The summed E-state index contributed by atoms with van der Waals surface area (Å²) < 4.78 is 0. The Balaban J connectivity index is 2.06. The standard InChI is InChI=1S/C18H24NP/c1-19(2)15-9-10-16-20(17-11-5-3-6-12-17)18-13-7-4-8-14-18/h3-8,11-14H,9-10,15-16H2,1-2H3. The summed E-state index contributed by atoms with van der Waals surface area (Å²) in [7, 11) is 4.10. The van der Waals surface area contributed by atoms with E-state index in [1.165, 1.54) is 36.2 Å². The molecule has 2 heteroatoms. The number of rotatable bonds is 7. The summed E-state index contributed by atoms with van der Waals surface area (Å²) in [6, 6.07) is 22.0. The molecule has 0 saturated carbocycles. The third-order valence-corrected chi connectivity index (χ3v) is 5.98. The third kappa shape index (κ3) is 4.74. The van der Waals surface area contributed by atoms with Gasteiger partial charge < -0.3 is 4.90 Å². The Hall–Kier alpha value is -1.17. The summed E-state index contributed by atoms with van der Waals surface area (Å²) in [6.45, 7) is 1.19. The maximum absolute atomic E-state index is 2.28. The van der Waals surface area contributed by atoms with Crippen molar-refractivity contribution in [1.82, 2.24) is 4.90 Å². The minimum Gasteiger partial charge on any atom is -0.309 e. The van der Waals surface area contributed by atoms with Gasteiger partial charge in [0.2, 0.25) is 0 Å². The zero-order chi connectivity index (χ0) is 14.2. The molecule has 0 saturated heterocycles. The SMILES string of the molecule is CN(C)CCCCP(c1ccccc1)c1ccccc1. The highest BCUT2D eigenvalue weighted by Gasteiger charge is 2.12. The predicted molar refractivity (Wildman–Crippen MR) is 91.7 cm³/mol. The summed E-state index contributed by atoms with van der Waals surface area (Å²) in [6.07, 6.45) is 3.87. The average Bonchev–Trinajstić information content (AvgIpc) is 2.49. The van der Waals surface area contributed by atoms with E-state index in [1.807, 2.05) is 0 Å². The number of hydrogen-bond donors (Lipinski definition) is 0. The first kappa shape index (κ1) is 15.2. The van der Waals surface area contributed by atoms with Crippen molar-refractivity contribution in [2.24, 2.45) is 0 Å². The second-order valence-corrected chi connectivity index (χ2v) is 7.67. The summed E-state index contributed by atoms with van der Waals surface area (Å²) in [5, 5.41) is 3.00. The van der Waals surface area contributed by atoms with Crippen molar-refractivity contribution in [3.8, 4) is 0 Å². The lowest BCUT2D eigenvalue weighted by Crippen LogP contribution is -2.16. The summed E-state index contributed by atoms with van der Waals surface area (Å²) in [4.78, 5) is 2.27. The number of benzene rings is 2. The van der Waals surface area contributed by atoms with Gasteiger partial charge in [-0.25, -0.2) is 0 Å². The molecule has 2 rings (SSSR count). The van der Waals surface area contributed by atoms with Crippen molar-refractivity contribution in [2.75, 3.05) is 26.8 Å². The predicted octanol–water partition coefficient (Wildman–Crippen LogP) is 3.46. The van der Waals surface area contributed by atoms with Crippen LogP contribution in [0.25, 0.3) is 0 Å². The lowest BCUT2D eigenvalue weighted by atomic mass is 10.3. The smallest absolute Gasteiger partial charge is 0.00247 e. The van der Waals surface area contributed by atoms with Gasteiger partial charge in [-0.15, -0.1) is 0 Å². The molecule has 0 fully saturated rings. The Morgan fingerprint density at radius 3 is 1.70 bits per heavy atom. The van der Waals surface area contributed by atoms with Crippen LogP contribution < -0.4 is 10.6 Å². The minimum atomic E-state index is -0.200. The van der Waals surface area contributed by atoms with Gasteiger partial charge >= 0.3 is 0 Å². The van der Waals surface area contributed by atoms with Crippen molar-refractivity contribution in [3.63, 3.8) is 0 Å². The number of hydrogen-bond acceptors (Lipinski definition) is 1. The molecule has 0 aliphatic carbocycles. The maximum atomic E-state index is 2.28. The van der Waals surface area contributed by atoms with Crippen LogP contribution in [0.2, 0.25) is 0 Å². The Kier molecular flexibility index (Phi) is 6.24. The molecular formula is C18H24NP. The van der Waals surface area contributed by atoms with Gasteiger partial charge in [-0.05, 0) is 58.2 Å². The van der Waals surface area contributed by atoms with Crippen molar-refractivity contribution < 1.29 is 0 Å². The minimum absolute atomic E-state index is 0.200. The van der Waals surface area contributed by atoms with Gasteiger partial charge in [0.05, 0.1) is 0 Å². The molecule has 1 nitrogen and oxygen atoms in total. The normalized spacial score (nSPS) is 11.2. The zero-order valence-electron chi connectivity index (χ0n) is 12.5. The van der Waals surface area contributed by atoms with Gasteiger partial charge in [0, 0.05) is 0 Å². The quantitative estimate of drug-likeness (QED) is 0.556. The van der Waals surface area contributed by atoms with Crippen molar-refractivity contribution in [3.05, 3.63) is 60.7 Å². The Morgan fingerprint density at radius 2 is 1.25 bits per heavy atom. The topological polar surface area (TPSA) is 3.24 Å². The second-order valence-electron chi connectivity index (χ2n) is 5.33. The first-order valence-electron chi connectivity index (χ1n) is 7.30. The number of unbranched alkanes of at least 4 members (excludes halogenated alkanes) is 1. The highest BCUT2D eigenvalue weighted by atomic mass is 31.1. The van der Waals surface area contributed by atoms with Gasteiger partial charge in [0.1, 0.15) is 0 Å². The molecule has 2 aromatic rings. The molecule has 0 unspecified atom stereocenters. The number of nitrogens with zero attached hydrogens (tertiary/aromatic N) is 1. The van der Waals surface area contributed by atoms with Crippen molar-refractivity contribution in [2.45, 2.75) is 12.8 Å². The lowest BCUT2D eigenvalue weighted by molar-refractivity contribution is 0.398. The van der Waals surface area contributed by atoms with Crippen LogP contribution in [0.1, 0.15) is 12.8 Å². The van der Waals surface area contributed by atoms with Gasteiger partial charge in [0.15, 0.2) is 0 Å². The van der Waals surface area contributed by atoms with Crippen molar-refractivity contribution in [1.29, 1.82) is 0 Å². The van der Waals surface area contributed by atoms with Crippen LogP contribution >= 0.6 is 7.92 Å². The van der Waals surface area contributed by atoms with E-state index in [1.54, 1.807) is 0 Å². The van der Waals surface area contributed by atoms with Crippen LogP contribution in [-0.2, 0) is 0 Å². The van der Waals surface area contributed by atoms with Gasteiger partial charge in [-0.1, -0.05) is 60.7 Å². The third-order valence-electron chi connectivity index (χ3n) is 3.37. The van der Waals surface area contributed by atoms with E-state index in [-0.39, 0.29) is 7.92 Å². The molecule has 0 aromatic heterocycles. The van der Waals surface area contributed by atoms with Gasteiger partial charge in [-0.3, -0.25) is 0 Å². The first-order chi connectivity index (χ1) is 9.77. The van der Waals surface area contributed by atoms with Crippen LogP contribution in [0, 0.1) is 0 Å². The molecule has 20 heavy (non-hydrogen) atoms. The highest BCUT2D eigenvalue weighted by molar-refractivity contribution is 7.73. The molecule has 0 amide bonds. The monoisotopic (exact) mass is 285 g/mol. The van der Waals surface area contributed by atoms with Crippen LogP contribution in [0.4, 0.5) is 0 Å². The van der Waals surface area contributed by atoms with E-state index in [0.29, 0.717) is 0 Å². The van der Waals surface area contributed by atoms with E-state index in [2.05, 4.69) is 79.7 Å². The van der Waals surface area contributed by atoms with Crippen LogP contribution in [0.15, 0.2) is 60.7 Å². The van der Waals surface area contributed by atoms with E-state index in [9.17, 15) is 0 Å². The van der Waals surface area contributed by atoms with Crippen LogP contribution in [-0.4, -0.2) is 31.7 Å². The molecule has 0 aliphatic rings. The fourth-order valence-corrected chi connectivity index (χ4v) is 4.74. The van der Waals surface area contributed by atoms with Crippen LogP contribution in [0.3, 0.4) is 0 Å². The fourth-order valence-electron chi connectivity index (χ4n) is 2.32. The molecule has 106 valence electrons. The average molecular weight is 285 g/mol. The molecule has 0 bridgehead atoms. The molecule has 0 N–H and O–H groups in total.